The van der Waals surface area contributed by atoms with Crippen LogP contribution in [0.15, 0.2) is 41.3 Å². The average Bonchev–Trinajstić information content (AvgIpc) is 2.62. The summed E-state index contributed by atoms with van der Waals surface area (Å²) in [6, 6.07) is 9.57. The molecule has 7 heteroatoms. The molecule has 0 fully saturated rings. The summed E-state index contributed by atoms with van der Waals surface area (Å²) in [7, 11) is -3.79. The molecule has 3 N–H and O–H groups in total. The Morgan fingerprint density at radius 3 is 2.21 bits per heavy atom. The van der Waals surface area contributed by atoms with Crippen LogP contribution in [0.5, 0.6) is 0 Å². The van der Waals surface area contributed by atoms with E-state index in [9.17, 15) is 13.2 Å². The zero-order valence-electron chi connectivity index (χ0n) is 17.8. The number of carbonyl (C=O) groups excluding carboxylic acids is 1. The van der Waals surface area contributed by atoms with Gasteiger partial charge in [0, 0.05) is 17.3 Å². The van der Waals surface area contributed by atoms with Crippen molar-refractivity contribution in [1.82, 2.24) is 5.32 Å². The van der Waals surface area contributed by atoms with Gasteiger partial charge in [-0.25, -0.2) is 8.42 Å². The van der Waals surface area contributed by atoms with Crippen LogP contribution in [0, 0.1) is 13.8 Å². The molecule has 0 heterocycles. The third-order valence-electron chi connectivity index (χ3n) is 4.83. The Kier molecular flexibility index (Phi) is 6.75. The number of sulfonamides is 1. The number of amides is 1. The fraction of sp³-hybridized carbons (Fsp3) is 0.409. The van der Waals surface area contributed by atoms with Crippen LogP contribution in [0.25, 0.3) is 0 Å². The molecule has 0 aromatic heterocycles. The Morgan fingerprint density at radius 2 is 1.69 bits per heavy atom. The number of aliphatic hydroxyl groups is 1. The molecule has 0 saturated carbocycles. The Labute approximate surface area is 173 Å². The molecule has 6 nitrogen and oxygen atoms in total. The number of rotatable bonds is 6. The lowest BCUT2D eigenvalue weighted by atomic mass is 9.85. The van der Waals surface area contributed by atoms with E-state index in [1.165, 1.54) is 0 Å². The Hall–Kier alpha value is -2.38. The van der Waals surface area contributed by atoms with Gasteiger partial charge in [0.15, 0.2) is 0 Å². The summed E-state index contributed by atoms with van der Waals surface area (Å²) >= 11 is 0. The van der Waals surface area contributed by atoms with E-state index in [1.54, 1.807) is 44.2 Å². The quantitative estimate of drug-likeness (QED) is 0.669. The van der Waals surface area contributed by atoms with Gasteiger partial charge in [0.25, 0.3) is 15.9 Å². The van der Waals surface area contributed by atoms with Crippen molar-refractivity contribution in [2.24, 2.45) is 0 Å². The van der Waals surface area contributed by atoms with Crippen molar-refractivity contribution < 1.29 is 18.3 Å². The molecule has 1 unspecified atom stereocenters. The monoisotopic (exact) mass is 418 g/mol. The molecule has 0 aliphatic heterocycles. The maximum Gasteiger partial charge on any atom is 0.262 e. The highest BCUT2D eigenvalue weighted by molar-refractivity contribution is 7.92. The van der Waals surface area contributed by atoms with Crippen molar-refractivity contribution in [3.05, 3.63) is 58.7 Å². The minimum absolute atomic E-state index is 0.157. The topological polar surface area (TPSA) is 95.5 Å². The molecule has 1 amide bonds. The smallest absolute Gasteiger partial charge is 0.262 e. The molecule has 2 rings (SSSR count). The van der Waals surface area contributed by atoms with Gasteiger partial charge in [-0.3, -0.25) is 9.52 Å². The minimum atomic E-state index is -3.79. The van der Waals surface area contributed by atoms with Gasteiger partial charge in [0.05, 0.1) is 11.5 Å². The summed E-state index contributed by atoms with van der Waals surface area (Å²) in [5.74, 6) is -0.328. The normalized spacial score (nSPS) is 13.1. The SMILES string of the molecule is Cc1cc(C(C)(C)C)cc(S(=O)(=O)Nc2ccc(C(=O)NC(C)CO)cc2)c1C. The summed E-state index contributed by atoms with van der Waals surface area (Å²) in [5.41, 5.74) is 3.15. The van der Waals surface area contributed by atoms with E-state index in [0.29, 0.717) is 16.8 Å². The molecule has 0 aliphatic carbocycles. The highest BCUT2D eigenvalue weighted by atomic mass is 32.2. The predicted molar refractivity (Wildman–Crippen MR) is 116 cm³/mol. The third kappa shape index (κ3) is 5.58. The van der Waals surface area contributed by atoms with Crippen LogP contribution in [0.2, 0.25) is 0 Å². The molecule has 2 aromatic carbocycles. The van der Waals surface area contributed by atoms with Gasteiger partial charge in [-0.2, -0.15) is 0 Å². The second-order valence-electron chi connectivity index (χ2n) is 8.41. The molecule has 1 atom stereocenters. The van der Waals surface area contributed by atoms with Gasteiger partial charge in [0.2, 0.25) is 0 Å². The van der Waals surface area contributed by atoms with E-state index in [0.717, 1.165) is 11.1 Å². The van der Waals surface area contributed by atoms with Crippen molar-refractivity contribution in [1.29, 1.82) is 0 Å². The standard InChI is InChI=1S/C22H30N2O4S/c1-14-11-18(22(4,5)6)12-20(16(14)3)29(27,28)24-19-9-7-17(8-10-19)21(26)23-15(2)13-25/h7-12,15,24-25H,13H2,1-6H3,(H,23,26). The van der Waals surface area contributed by atoms with Crippen molar-refractivity contribution >= 4 is 21.6 Å². The van der Waals surface area contributed by atoms with Gasteiger partial charge in [0.1, 0.15) is 0 Å². The number of aliphatic hydroxyl groups excluding tert-OH is 1. The number of anilines is 1. The van der Waals surface area contributed by atoms with Crippen molar-refractivity contribution in [3.8, 4) is 0 Å². The highest BCUT2D eigenvalue weighted by Crippen LogP contribution is 2.30. The van der Waals surface area contributed by atoms with Crippen molar-refractivity contribution in [2.75, 3.05) is 11.3 Å². The molecule has 0 spiro atoms. The van der Waals surface area contributed by atoms with Crippen LogP contribution in [-0.4, -0.2) is 32.1 Å². The number of hydrogen-bond acceptors (Lipinski definition) is 4. The van der Waals surface area contributed by atoms with E-state index < -0.39 is 10.0 Å². The van der Waals surface area contributed by atoms with E-state index in [-0.39, 0.29) is 28.9 Å². The molecular formula is C22H30N2O4S. The fourth-order valence-electron chi connectivity index (χ4n) is 2.79. The Bertz CT molecular complexity index is 991. The minimum Gasteiger partial charge on any atom is -0.394 e. The summed E-state index contributed by atoms with van der Waals surface area (Å²) in [6.45, 7) is 11.4. The second kappa shape index (κ2) is 8.55. The van der Waals surface area contributed by atoms with Gasteiger partial charge >= 0.3 is 0 Å². The Balaban J connectivity index is 2.30. The van der Waals surface area contributed by atoms with Gasteiger partial charge in [-0.15, -0.1) is 0 Å². The lowest BCUT2D eigenvalue weighted by Crippen LogP contribution is -2.34. The van der Waals surface area contributed by atoms with E-state index >= 15 is 0 Å². The van der Waals surface area contributed by atoms with Crippen LogP contribution in [0.3, 0.4) is 0 Å². The largest absolute Gasteiger partial charge is 0.394 e. The first-order valence-electron chi connectivity index (χ1n) is 9.51. The molecule has 0 radical (unpaired) electrons. The van der Waals surface area contributed by atoms with Crippen molar-refractivity contribution in [3.63, 3.8) is 0 Å². The first-order chi connectivity index (χ1) is 13.3. The fourth-order valence-corrected chi connectivity index (χ4v) is 4.19. The number of aryl methyl sites for hydroxylation is 1. The van der Waals surface area contributed by atoms with E-state index in [4.69, 9.17) is 5.11 Å². The molecule has 0 bridgehead atoms. The van der Waals surface area contributed by atoms with E-state index in [2.05, 4.69) is 10.0 Å². The molecule has 158 valence electrons. The number of carbonyl (C=O) groups is 1. The number of nitrogens with one attached hydrogen (secondary N) is 2. The number of hydrogen-bond donors (Lipinski definition) is 3. The summed E-state index contributed by atoms with van der Waals surface area (Å²) in [5, 5.41) is 11.7. The maximum atomic E-state index is 13.0. The third-order valence-corrected chi connectivity index (χ3v) is 6.33. The first kappa shape index (κ1) is 22.9. The summed E-state index contributed by atoms with van der Waals surface area (Å²) in [4.78, 5) is 12.3. The molecular weight excluding hydrogens is 388 g/mol. The lowest BCUT2D eigenvalue weighted by molar-refractivity contribution is 0.0922. The van der Waals surface area contributed by atoms with Gasteiger partial charge in [-0.05, 0) is 73.2 Å². The predicted octanol–water partition coefficient (Wildman–Crippen LogP) is 3.51. The maximum absolute atomic E-state index is 13.0. The highest BCUT2D eigenvalue weighted by Gasteiger charge is 2.23. The average molecular weight is 419 g/mol. The zero-order chi connectivity index (χ0) is 22.0. The molecule has 0 aliphatic rings. The molecule has 0 saturated heterocycles. The molecule has 2 aromatic rings. The van der Waals surface area contributed by atoms with Crippen LogP contribution in [0.1, 0.15) is 54.7 Å². The van der Waals surface area contributed by atoms with Crippen LogP contribution < -0.4 is 10.0 Å². The van der Waals surface area contributed by atoms with Gasteiger partial charge in [-0.1, -0.05) is 26.8 Å². The second-order valence-corrected chi connectivity index (χ2v) is 10.1. The molecule has 29 heavy (non-hydrogen) atoms. The van der Waals surface area contributed by atoms with Crippen LogP contribution >= 0.6 is 0 Å². The zero-order valence-corrected chi connectivity index (χ0v) is 18.6. The van der Waals surface area contributed by atoms with E-state index in [1.807, 2.05) is 33.8 Å². The van der Waals surface area contributed by atoms with Crippen LogP contribution in [-0.2, 0) is 15.4 Å². The Morgan fingerprint density at radius 1 is 1.10 bits per heavy atom. The summed E-state index contributed by atoms with van der Waals surface area (Å²) < 4.78 is 28.7. The van der Waals surface area contributed by atoms with Crippen molar-refractivity contribution in [2.45, 2.75) is 57.9 Å². The summed E-state index contributed by atoms with van der Waals surface area (Å²) in [6.07, 6.45) is 0. The number of benzene rings is 2. The van der Waals surface area contributed by atoms with Gasteiger partial charge < -0.3 is 10.4 Å². The first-order valence-corrected chi connectivity index (χ1v) is 11.0. The van der Waals surface area contributed by atoms with Crippen LogP contribution in [0.4, 0.5) is 5.69 Å². The lowest BCUT2D eigenvalue weighted by Gasteiger charge is -2.22.